The Balaban J connectivity index is 2.59. The van der Waals surface area contributed by atoms with Crippen LogP contribution in [0.1, 0.15) is 13.3 Å². The van der Waals surface area contributed by atoms with Crippen molar-refractivity contribution in [2.75, 3.05) is 5.73 Å². The minimum atomic E-state index is -3.86. The van der Waals surface area contributed by atoms with E-state index < -0.39 is 20.3 Å². The van der Waals surface area contributed by atoms with Crippen LogP contribution in [0.3, 0.4) is 0 Å². The van der Waals surface area contributed by atoms with E-state index in [2.05, 4.69) is 4.98 Å². The molecule has 2 rings (SSSR count). The number of fused-ring (bicyclic) bond motifs is 1. The predicted molar refractivity (Wildman–Crippen MR) is 65.3 cm³/mol. The van der Waals surface area contributed by atoms with Gasteiger partial charge in [0, 0.05) is 11.8 Å². The maximum absolute atomic E-state index is 12.0. The summed E-state index contributed by atoms with van der Waals surface area (Å²) in [6.07, 6.45) is 0.180. The third-order valence-electron chi connectivity index (χ3n) is 2.53. The molecule has 18 heavy (non-hydrogen) atoms. The van der Waals surface area contributed by atoms with Crippen LogP contribution < -0.4 is 5.73 Å². The van der Waals surface area contributed by atoms with Gasteiger partial charge in [-0.2, -0.15) is 10.2 Å². The average molecular weight is 265 g/mol. The van der Waals surface area contributed by atoms with Crippen molar-refractivity contribution in [1.82, 2.24) is 4.98 Å². The van der Waals surface area contributed by atoms with E-state index >= 15 is 0 Å². The normalized spacial score (nSPS) is 13.3. The van der Waals surface area contributed by atoms with E-state index in [1.54, 1.807) is 25.1 Å². The molecule has 2 N–H and O–H groups in total. The largest absolute Gasteiger partial charge is 0.428 e. The van der Waals surface area contributed by atoms with Crippen LogP contribution in [0.4, 0.5) is 5.69 Å². The maximum Gasteiger partial charge on any atom is 0.317 e. The zero-order valence-corrected chi connectivity index (χ0v) is 10.4. The Morgan fingerprint density at radius 1 is 1.56 bits per heavy atom. The molecule has 0 aliphatic heterocycles. The fourth-order valence-corrected chi connectivity index (χ4v) is 2.80. The summed E-state index contributed by atoms with van der Waals surface area (Å²) in [6, 6.07) is 6.40. The lowest BCUT2D eigenvalue weighted by atomic mass is 10.3. The number of sulfone groups is 1. The van der Waals surface area contributed by atoms with Crippen molar-refractivity contribution in [3.8, 4) is 6.07 Å². The molecule has 0 aliphatic carbocycles. The van der Waals surface area contributed by atoms with Gasteiger partial charge in [-0.15, -0.1) is 0 Å². The van der Waals surface area contributed by atoms with Gasteiger partial charge in [-0.1, -0.05) is 6.92 Å². The smallest absolute Gasteiger partial charge is 0.317 e. The number of nitrogens with zero attached hydrogens (tertiary/aromatic N) is 2. The zero-order valence-electron chi connectivity index (χ0n) is 9.62. The molecular formula is C11H11N3O3S. The van der Waals surface area contributed by atoms with E-state index in [0.717, 1.165) is 0 Å². The maximum atomic E-state index is 12.0. The topological polar surface area (TPSA) is 110 Å². The van der Waals surface area contributed by atoms with Gasteiger partial charge >= 0.3 is 5.22 Å². The Labute approximate surface area is 104 Å². The Morgan fingerprint density at radius 2 is 2.28 bits per heavy atom. The van der Waals surface area contributed by atoms with Gasteiger partial charge in [0.1, 0.15) is 5.52 Å². The number of hydrogen-bond acceptors (Lipinski definition) is 6. The molecule has 94 valence electrons. The van der Waals surface area contributed by atoms with Gasteiger partial charge in [-0.3, -0.25) is 0 Å². The molecule has 1 heterocycles. The lowest BCUT2D eigenvalue weighted by molar-refractivity contribution is 0.455. The molecular weight excluding hydrogens is 254 g/mol. The van der Waals surface area contributed by atoms with Crippen molar-refractivity contribution in [3.05, 3.63) is 18.2 Å². The lowest BCUT2D eigenvalue weighted by Crippen LogP contribution is -2.18. The Hall–Kier alpha value is -2.07. The highest BCUT2D eigenvalue weighted by atomic mass is 32.2. The summed E-state index contributed by atoms with van der Waals surface area (Å²) in [7, 11) is -3.86. The highest BCUT2D eigenvalue weighted by Gasteiger charge is 2.31. The van der Waals surface area contributed by atoms with E-state index in [9.17, 15) is 8.42 Å². The van der Waals surface area contributed by atoms with Gasteiger partial charge in [0.2, 0.25) is 9.84 Å². The molecule has 1 aromatic carbocycles. The van der Waals surface area contributed by atoms with Crippen LogP contribution >= 0.6 is 0 Å². The third kappa shape index (κ3) is 1.91. The standard InChI is InChI=1S/C11H11N3O3S/c1-2-8(6-12)18(15,16)11-14-9-4-3-7(13)5-10(9)17-11/h3-5,8H,2,13H2,1H3. The molecule has 6 nitrogen and oxygen atoms in total. The Kier molecular flexibility index (Phi) is 2.97. The average Bonchev–Trinajstić information content (AvgIpc) is 2.73. The highest BCUT2D eigenvalue weighted by Crippen LogP contribution is 2.24. The molecule has 2 aromatic rings. The Bertz CT molecular complexity index is 728. The van der Waals surface area contributed by atoms with Crippen molar-refractivity contribution >= 4 is 26.6 Å². The molecule has 0 amide bonds. The monoisotopic (exact) mass is 265 g/mol. The van der Waals surface area contributed by atoms with Gasteiger partial charge in [-0.25, -0.2) is 8.42 Å². The number of benzene rings is 1. The van der Waals surface area contributed by atoms with E-state index in [4.69, 9.17) is 15.4 Å². The number of oxazole rings is 1. The van der Waals surface area contributed by atoms with Crippen molar-refractivity contribution in [1.29, 1.82) is 5.26 Å². The van der Waals surface area contributed by atoms with Crippen LogP contribution in [0.25, 0.3) is 11.1 Å². The second-order valence-electron chi connectivity index (χ2n) is 3.78. The first-order chi connectivity index (χ1) is 8.48. The summed E-state index contributed by atoms with van der Waals surface area (Å²) < 4.78 is 29.2. The van der Waals surface area contributed by atoms with Gasteiger partial charge in [0.25, 0.3) is 0 Å². The number of nitrogen functional groups attached to an aromatic ring is 1. The quantitative estimate of drug-likeness (QED) is 0.842. The van der Waals surface area contributed by atoms with Gasteiger partial charge in [-0.05, 0) is 18.6 Å². The van der Waals surface area contributed by atoms with Crippen LogP contribution in [0.5, 0.6) is 0 Å². The summed E-state index contributed by atoms with van der Waals surface area (Å²) in [6.45, 7) is 1.62. The van der Waals surface area contributed by atoms with Crippen LogP contribution in [-0.4, -0.2) is 18.7 Å². The molecule has 0 aliphatic rings. The summed E-state index contributed by atoms with van der Waals surface area (Å²) >= 11 is 0. The number of nitriles is 1. The molecule has 0 bridgehead atoms. The van der Waals surface area contributed by atoms with Crippen molar-refractivity contribution in [3.63, 3.8) is 0 Å². The number of nitrogens with two attached hydrogens (primary N) is 1. The number of aromatic nitrogens is 1. The van der Waals surface area contributed by atoms with E-state index in [-0.39, 0.29) is 6.42 Å². The molecule has 0 spiro atoms. The Morgan fingerprint density at radius 3 is 2.89 bits per heavy atom. The molecule has 0 saturated heterocycles. The van der Waals surface area contributed by atoms with E-state index in [0.29, 0.717) is 16.8 Å². The van der Waals surface area contributed by atoms with E-state index in [1.165, 1.54) is 6.07 Å². The summed E-state index contributed by atoms with van der Waals surface area (Å²) in [5.41, 5.74) is 6.71. The summed E-state index contributed by atoms with van der Waals surface area (Å²) in [5, 5.41) is 7.24. The predicted octanol–water partition coefficient (Wildman–Crippen LogP) is 1.49. The first-order valence-corrected chi connectivity index (χ1v) is 6.83. The first-order valence-electron chi connectivity index (χ1n) is 5.28. The van der Waals surface area contributed by atoms with Crippen LogP contribution in [0, 0.1) is 11.3 Å². The van der Waals surface area contributed by atoms with Crippen LogP contribution in [0.2, 0.25) is 0 Å². The minimum Gasteiger partial charge on any atom is -0.428 e. The number of hydrogen-bond donors (Lipinski definition) is 1. The van der Waals surface area contributed by atoms with Crippen molar-refractivity contribution in [2.45, 2.75) is 23.8 Å². The van der Waals surface area contributed by atoms with Gasteiger partial charge < -0.3 is 10.2 Å². The molecule has 1 aromatic heterocycles. The van der Waals surface area contributed by atoms with Crippen molar-refractivity contribution in [2.24, 2.45) is 0 Å². The molecule has 1 unspecified atom stereocenters. The van der Waals surface area contributed by atoms with Crippen LogP contribution in [-0.2, 0) is 9.84 Å². The second-order valence-corrected chi connectivity index (χ2v) is 5.79. The van der Waals surface area contributed by atoms with Gasteiger partial charge in [0.15, 0.2) is 10.8 Å². The minimum absolute atomic E-state index is 0.180. The second kappa shape index (κ2) is 4.31. The van der Waals surface area contributed by atoms with Gasteiger partial charge in [0.05, 0.1) is 6.07 Å². The summed E-state index contributed by atoms with van der Waals surface area (Å²) in [5.74, 6) is 0. The third-order valence-corrected chi connectivity index (χ3v) is 4.37. The SMILES string of the molecule is CCC(C#N)S(=O)(=O)c1nc2ccc(N)cc2o1. The van der Waals surface area contributed by atoms with Crippen LogP contribution in [0.15, 0.2) is 27.8 Å². The highest BCUT2D eigenvalue weighted by molar-refractivity contribution is 7.92. The summed E-state index contributed by atoms with van der Waals surface area (Å²) in [4.78, 5) is 3.88. The zero-order chi connectivity index (χ0) is 13.3. The van der Waals surface area contributed by atoms with E-state index in [1.807, 2.05) is 0 Å². The molecule has 7 heteroatoms. The molecule has 0 saturated carbocycles. The van der Waals surface area contributed by atoms with Crippen molar-refractivity contribution < 1.29 is 12.8 Å². The molecule has 0 fully saturated rings. The number of anilines is 1. The molecule has 0 radical (unpaired) electrons. The molecule has 1 atom stereocenters. The lowest BCUT2D eigenvalue weighted by Gasteiger charge is -2.02. The fraction of sp³-hybridized carbons (Fsp3) is 0.273. The number of rotatable bonds is 3. The fourth-order valence-electron chi connectivity index (χ4n) is 1.54. The first kappa shape index (κ1) is 12.4.